The summed E-state index contributed by atoms with van der Waals surface area (Å²) in [7, 11) is 0. The molecule has 0 unspecified atom stereocenters. The van der Waals surface area contributed by atoms with E-state index >= 15 is 0 Å². The molecule has 0 amide bonds. The summed E-state index contributed by atoms with van der Waals surface area (Å²) in [6.45, 7) is 3.51. The fourth-order valence-corrected chi connectivity index (χ4v) is 0.177. The van der Waals surface area contributed by atoms with Gasteiger partial charge in [-0.05, 0) is 6.26 Å². The maximum absolute atomic E-state index is 6.56. The molecular formula is C4H7NS. The van der Waals surface area contributed by atoms with Crippen LogP contribution in [-0.4, -0.2) is 12.5 Å². The van der Waals surface area contributed by atoms with Crippen molar-refractivity contribution < 1.29 is 0 Å². The van der Waals surface area contributed by atoms with Crippen molar-refractivity contribution in [1.82, 2.24) is 0 Å². The van der Waals surface area contributed by atoms with Gasteiger partial charge in [0.2, 0.25) is 0 Å². The van der Waals surface area contributed by atoms with Gasteiger partial charge in [0.15, 0.2) is 0 Å². The fraction of sp³-hybridized carbons (Fsp3) is 0.250. The van der Waals surface area contributed by atoms with Gasteiger partial charge in [-0.15, -0.1) is 11.8 Å². The third-order valence-electron chi connectivity index (χ3n) is 0.423. The van der Waals surface area contributed by atoms with Crippen molar-refractivity contribution in [2.45, 2.75) is 0 Å². The first-order valence-corrected chi connectivity index (χ1v) is 2.77. The van der Waals surface area contributed by atoms with Crippen LogP contribution in [0.2, 0.25) is 0 Å². The Balaban J connectivity index is 3.23. The SMILES string of the molecule is C=C(C=N)SC. The summed E-state index contributed by atoms with van der Waals surface area (Å²) >= 11 is 1.49. The van der Waals surface area contributed by atoms with Crippen LogP contribution in [0.3, 0.4) is 0 Å². The lowest BCUT2D eigenvalue weighted by Gasteiger charge is -1.81. The molecule has 0 bridgehead atoms. The van der Waals surface area contributed by atoms with Crippen LogP contribution in [-0.2, 0) is 0 Å². The molecule has 0 radical (unpaired) electrons. The van der Waals surface area contributed by atoms with Gasteiger partial charge in [-0.2, -0.15) is 0 Å². The molecule has 0 saturated carbocycles. The Kier molecular flexibility index (Phi) is 2.85. The summed E-state index contributed by atoms with van der Waals surface area (Å²) in [6.07, 6.45) is 3.14. The summed E-state index contributed by atoms with van der Waals surface area (Å²) < 4.78 is 0. The van der Waals surface area contributed by atoms with E-state index in [1.54, 1.807) is 0 Å². The lowest BCUT2D eigenvalue weighted by Crippen LogP contribution is -1.66. The second kappa shape index (κ2) is 2.97. The molecule has 0 aromatic rings. The van der Waals surface area contributed by atoms with Crippen molar-refractivity contribution in [2.75, 3.05) is 6.26 Å². The predicted molar refractivity (Wildman–Crippen MR) is 31.4 cm³/mol. The quantitative estimate of drug-likeness (QED) is 0.524. The molecule has 0 atom stereocenters. The monoisotopic (exact) mass is 101 g/mol. The van der Waals surface area contributed by atoms with Crippen molar-refractivity contribution in [3.8, 4) is 0 Å². The second-order valence-corrected chi connectivity index (χ2v) is 1.75. The number of hydrogen-bond donors (Lipinski definition) is 1. The lowest BCUT2D eigenvalue weighted by atomic mass is 10.7. The van der Waals surface area contributed by atoms with Gasteiger partial charge in [0.1, 0.15) is 0 Å². The number of rotatable bonds is 2. The Morgan fingerprint density at radius 3 is 2.50 bits per heavy atom. The minimum absolute atomic E-state index is 0.801. The number of nitrogens with one attached hydrogen (secondary N) is 1. The minimum Gasteiger partial charge on any atom is -0.308 e. The van der Waals surface area contributed by atoms with E-state index in [9.17, 15) is 0 Å². The molecule has 0 aromatic heterocycles. The van der Waals surface area contributed by atoms with Crippen molar-refractivity contribution in [3.63, 3.8) is 0 Å². The minimum atomic E-state index is 0.801. The molecule has 1 N–H and O–H groups in total. The Morgan fingerprint density at radius 1 is 2.00 bits per heavy atom. The molecular weight excluding hydrogens is 94.1 g/mol. The smallest absolute Gasteiger partial charge is 0.0307 e. The Labute approximate surface area is 42.0 Å². The summed E-state index contributed by atoms with van der Waals surface area (Å²) in [5.41, 5.74) is 0. The summed E-state index contributed by atoms with van der Waals surface area (Å²) in [5.74, 6) is 0. The second-order valence-electron chi connectivity index (χ2n) is 0.815. The first-order chi connectivity index (χ1) is 2.81. The summed E-state index contributed by atoms with van der Waals surface area (Å²) in [6, 6.07) is 0. The fourth-order valence-electron chi connectivity index (χ4n) is 0.0589. The van der Waals surface area contributed by atoms with Crippen LogP contribution in [0.25, 0.3) is 0 Å². The van der Waals surface area contributed by atoms with E-state index in [-0.39, 0.29) is 0 Å². The molecule has 6 heavy (non-hydrogen) atoms. The third-order valence-corrected chi connectivity index (χ3v) is 1.07. The first kappa shape index (κ1) is 5.76. The Bertz CT molecular complexity index is 67.9. The van der Waals surface area contributed by atoms with Gasteiger partial charge in [0, 0.05) is 11.1 Å². The molecule has 0 aromatic carbocycles. The van der Waals surface area contributed by atoms with E-state index in [1.807, 2.05) is 6.26 Å². The van der Waals surface area contributed by atoms with E-state index in [1.165, 1.54) is 18.0 Å². The van der Waals surface area contributed by atoms with Crippen LogP contribution in [0, 0.1) is 5.41 Å². The lowest BCUT2D eigenvalue weighted by molar-refractivity contribution is 1.58. The van der Waals surface area contributed by atoms with Crippen molar-refractivity contribution in [2.24, 2.45) is 0 Å². The van der Waals surface area contributed by atoms with Crippen molar-refractivity contribution in [1.29, 1.82) is 5.41 Å². The van der Waals surface area contributed by atoms with Crippen LogP contribution in [0.15, 0.2) is 11.5 Å². The van der Waals surface area contributed by atoms with Crippen LogP contribution in [0.1, 0.15) is 0 Å². The highest BCUT2D eigenvalue weighted by Gasteiger charge is 1.74. The van der Waals surface area contributed by atoms with Gasteiger partial charge in [0.25, 0.3) is 0 Å². The average Bonchev–Trinajstić information content (AvgIpc) is 1.65. The van der Waals surface area contributed by atoms with E-state index in [0.717, 1.165) is 4.91 Å². The summed E-state index contributed by atoms with van der Waals surface area (Å²) in [5, 5.41) is 6.56. The van der Waals surface area contributed by atoms with E-state index < -0.39 is 0 Å². The molecule has 0 saturated heterocycles. The number of allylic oxidation sites excluding steroid dienone is 1. The predicted octanol–water partition coefficient (Wildman–Crippen LogP) is 1.51. The van der Waals surface area contributed by atoms with Gasteiger partial charge in [-0.3, -0.25) is 0 Å². The van der Waals surface area contributed by atoms with E-state index in [4.69, 9.17) is 5.41 Å². The zero-order chi connectivity index (χ0) is 4.99. The van der Waals surface area contributed by atoms with Gasteiger partial charge < -0.3 is 5.41 Å². The molecule has 0 heterocycles. The molecule has 0 aliphatic heterocycles. The van der Waals surface area contributed by atoms with Crippen molar-refractivity contribution >= 4 is 18.0 Å². The molecule has 34 valence electrons. The third kappa shape index (κ3) is 2.03. The molecule has 0 rings (SSSR count). The molecule has 0 fully saturated rings. The molecule has 2 heteroatoms. The maximum atomic E-state index is 6.56. The maximum Gasteiger partial charge on any atom is 0.0307 e. The highest BCUT2D eigenvalue weighted by Crippen LogP contribution is 2.01. The topological polar surface area (TPSA) is 23.9 Å². The molecule has 0 aliphatic carbocycles. The van der Waals surface area contributed by atoms with Crippen LogP contribution < -0.4 is 0 Å². The number of hydrogen-bond acceptors (Lipinski definition) is 2. The molecule has 0 spiro atoms. The summed E-state index contributed by atoms with van der Waals surface area (Å²) in [4.78, 5) is 0.801. The Morgan fingerprint density at radius 2 is 2.50 bits per heavy atom. The normalized spacial score (nSPS) is 7.50. The van der Waals surface area contributed by atoms with E-state index in [0.29, 0.717) is 0 Å². The van der Waals surface area contributed by atoms with Gasteiger partial charge in [0.05, 0.1) is 0 Å². The first-order valence-electron chi connectivity index (χ1n) is 1.54. The van der Waals surface area contributed by atoms with Crippen LogP contribution >= 0.6 is 11.8 Å². The average molecular weight is 101 g/mol. The largest absolute Gasteiger partial charge is 0.308 e. The van der Waals surface area contributed by atoms with Gasteiger partial charge in [-0.25, -0.2) is 0 Å². The zero-order valence-electron chi connectivity index (χ0n) is 3.69. The van der Waals surface area contributed by atoms with Crippen LogP contribution in [0.4, 0.5) is 0 Å². The van der Waals surface area contributed by atoms with Crippen LogP contribution in [0.5, 0.6) is 0 Å². The van der Waals surface area contributed by atoms with Crippen molar-refractivity contribution in [3.05, 3.63) is 11.5 Å². The standard InChI is InChI=1S/C4H7NS/c1-4(3-5)6-2/h3,5H,1H2,2H3. The Hall–Kier alpha value is -0.240. The number of thioether (sulfide) groups is 1. The molecule has 1 nitrogen and oxygen atoms in total. The highest BCUT2D eigenvalue weighted by atomic mass is 32.2. The zero-order valence-corrected chi connectivity index (χ0v) is 4.51. The van der Waals surface area contributed by atoms with E-state index in [2.05, 4.69) is 6.58 Å². The van der Waals surface area contributed by atoms with Gasteiger partial charge in [-0.1, -0.05) is 6.58 Å². The molecule has 0 aliphatic rings. The highest BCUT2D eigenvalue weighted by molar-refractivity contribution is 8.03. The van der Waals surface area contributed by atoms with Gasteiger partial charge >= 0.3 is 0 Å².